The van der Waals surface area contributed by atoms with Gasteiger partial charge in [-0.15, -0.1) is 0 Å². The fourth-order valence-electron chi connectivity index (χ4n) is 4.07. The van der Waals surface area contributed by atoms with Crippen LogP contribution in [0.5, 0.6) is 0 Å². The zero-order chi connectivity index (χ0) is 22.0. The van der Waals surface area contributed by atoms with Crippen molar-refractivity contribution < 1.29 is 18.7 Å². The molecule has 3 aromatic rings. The third-order valence-corrected chi connectivity index (χ3v) is 5.85. The smallest absolute Gasteiger partial charge is 0.360 e. The highest BCUT2D eigenvalue weighted by Crippen LogP contribution is 2.31. The second-order valence-corrected chi connectivity index (χ2v) is 7.75. The van der Waals surface area contributed by atoms with E-state index < -0.39 is 5.97 Å². The number of nitrogens with zero attached hydrogens (tertiary/aromatic N) is 4. The van der Waals surface area contributed by atoms with Crippen molar-refractivity contribution in [3.63, 3.8) is 0 Å². The molecule has 0 spiro atoms. The van der Waals surface area contributed by atoms with Crippen molar-refractivity contribution in [1.82, 2.24) is 19.7 Å². The molecule has 1 amide bonds. The van der Waals surface area contributed by atoms with E-state index in [-0.39, 0.29) is 23.6 Å². The van der Waals surface area contributed by atoms with Crippen LogP contribution in [0.15, 0.2) is 47.2 Å². The number of aromatic nitrogens is 3. The second kappa shape index (κ2) is 8.75. The van der Waals surface area contributed by atoms with Crippen LogP contribution in [-0.4, -0.2) is 51.2 Å². The van der Waals surface area contributed by atoms with Gasteiger partial charge in [-0.1, -0.05) is 19.1 Å². The standard InChI is InChI=1S/C23H26N4O4/c1-4-17-11-12-24-27(17)20-8-6-5-7-18(20)22(28)26-13-16(10-9-15(26)2)21-25-19(14-31-21)23(29)30-3/h5-8,11-12,14-16H,4,9-10,13H2,1-3H3. The number of carbonyl (C=O) groups excluding carboxylic acids is 2. The van der Waals surface area contributed by atoms with E-state index in [2.05, 4.69) is 23.9 Å². The Bertz CT molecular complexity index is 1090. The zero-order valence-electron chi connectivity index (χ0n) is 17.9. The van der Waals surface area contributed by atoms with Gasteiger partial charge in [-0.2, -0.15) is 5.10 Å². The number of rotatable bonds is 5. The van der Waals surface area contributed by atoms with Gasteiger partial charge >= 0.3 is 5.97 Å². The van der Waals surface area contributed by atoms with Crippen molar-refractivity contribution in [3.05, 3.63) is 65.6 Å². The van der Waals surface area contributed by atoms with Crippen molar-refractivity contribution in [2.45, 2.75) is 45.1 Å². The first-order valence-electron chi connectivity index (χ1n) is 10.5. The van der Waals surface area contributed by atoms with Crippen LogP contribution in [0.3, 0.4) is 0 Å². The van der Waals surface area contributed by atoms with E-state index in [1.54, 1.807) is 6.20 Å². The highest BCUT2D eigenvalue weighted by Gasteiger charge is 2.34. The van der Waals surface area contributed by atoms with E-state index in [4.69, 9.17) is 9.15 Å². The van der Waals surface area contributed by atoms with Crippen LogP contribution >= 0.6 is 0 Å². The van der Waals surface area contributed by atoms with Crippen LogP contribution < -0.4 is 0 Å². The predicted octanol–water partition coefficient (Wildman–Crippen LogP) is 3.62. The Balaban J connectivity index is 1.61. The second-order valence-electron chi connectivity index (χ2n) is 7.75. The molecule has 0 bridgehead atoms. The summed E-state index contributed by atoms with van der Waals surface area (Å²) >= 11 is 0. The molecule has 1 saturated heterocycles. The molecule has 162 valence electrons. The number of oxazole rings is 1. The van der Waals surface area contributed by atoms with Gasteiger partial charge in [-0.25, -0.2) is 14.5 Å². The van der Waals surface area contributed by atoms with Crippen LogP contribution in [0, 0.1) is 0 Å². The Morgan fingerprint density at radius 3 is 2.81 bits per heavy atom. The summed E-state index contributed by atoms with van der Waals surface area (Å²) < 4.78 is 12.1. The Labute approximate surface area is 180 Å². The number of piperidine rings is 1. The van der Waals surface area contributed by atoms with Gasteiger partial charge in [0.05, 0.1) is 24.3 Å². The summed E-state index contributed by atoms with van der Waals surface area (Å²) in [6.07, 6.45) is 5.52. The Kier molecular flexibility index (Phi) is 5.88. The van der Waals surface area contributed by atoms with Crippen LogP contribution in [0.4, 0.5) is 0 Å². The number of hydrogen-bond acceptors (Lipinski definition) is 6. The van der Waals surface area contributed by atoms with Gasteiger partial charge in [0.2, 0.25) is 0 Å². The normalized spacial score (nSPS) is 18.7. The van der Waals surface area contributed by atoms with Gasteiger partial charge < -0.3 is 14.1 Å². The fraction of sp³-hybridized carbons (Fsp3) is 0.391. The molecule has 2 unspecified atom stereocenters. The van der Waals surface area contributed by atoms with Crippen LogP contribution in [-0.2, 0) is 11.2 Å². The number of hydrogen-bond donors (Lipinski definition) is 0. The molecule has 0 N–H and O–H groups in total. The Morgan fingerprint density at radius 1 is 1.23 bits per heavy atom. The lowest BCUT2D eigenvalue weighted by Crippen LogP contribution is -2.45. The molecule has 3 heterocycles. The van der Waals surface area contributed by atoms with Gasteiger partial charge in [0, 0.05) is 24.5 Å². The summed E-state index contributed by atoms with van der Waals surface area (Å²) in [5.74, 6) is -0.211. The molecule has 8 nitrogen and oxygen atoms in total. The maximum atomic E-state index is 13.6. The minimum atomic E-state index is -0.535. The van der Waals surface area contributed by atoms with Crippen molar-refractivity contribution in [1.29, 1.82) is 0 Å². The maximum Gasteiger partial charge on any atom is 0.360 e. The van der Waals surface area contributed by atoms with Crippen molar-refractivity contribution in [3.8, 4) is 5.69 Å². The quantitative estimate of drug-likeness (QED) is 0.584. The third kappa shape index (κ3) is 3.97. The van der Waals surface area contributed by atoms with Crippen molar-refractivity contribution in [2.24, 2.45) is 0 Å². The first-order valence-corrected chi connectivity index (χ1v) is 10.5. The van der Waals surface area contributed by atoms with Crippen LogP contribution in [0.1, 0.15) is 65.0 Å². The van der Waals surface area contributed by atoms with E-state index in [0.29, 0.717) is 18.0 Å². The average molecular weight is 422 g/mol. The number of likely N-dealkylation sites (tertiary alicyclic amines) is 1. The van der Waals surface area contributed by atoms with Gasteiger partial charge in [0.1, 0.15) is 6.26 Å². The number of para-hydroxylation sites is 1. The summed E-state index contributed by atoms with van der Waals surface area (Å²) in [6.45, 7) is 4.58. The molecule has 8 heteroatoms. The maximum absolute atomic E-state index is 13.6. The van der Waals surface area contributed by atoms with E-state index >= 15 is 0 Å². The van der Waals surface area contributed by atoms with E-state index in [9.17, 15) is 9.59 Å². The molecule has 1 fully saturated rings. The number of carbonyl (C=O) groups is 2. The minimum absolute atomic E-state index is 0.0508. The number of aryl methyl sites for hydroxylation is 1. The SMILES string of the molecule is CCc1ccnn1-c1ccccc1C(=O)N1CC(c2nc(C(=O)OC)co2)CCC1C. The molecule has 2 atom stereocenters. The fourth-order valence-corrected chi connectivity index (χ4v) is 4.07. The first kappa shape index (κ1) is 20.8. The number of ether oxygens (including phenoxy) is 1. The molecule has 0 radical (unpaired) electrons. The van der Waals surface area contributed by atoms with Gasteiger partial charge in [-0.3, -0.25) is 4.79 Å². The lowest BCUT2D eigenvalue weighted by molar-refractivity contribution is 0.0582. The third-order valence-electron chi connectivity index (χ3n) is 5.85. The van der Waals surface area contributed by atoms with Gasteiger partial charge in [0.25, 0.3) is 5.91 Å². The predicted molar refractivity (Wildman–Crippen MR) is 113 cm³/mol. The van der Waals surface area contributed by atoms with Crippen molar-refractivity contribution in [2.75, 3.05) is 13.7 Å². The molecular formula is C23H26N4O4. The lowest BCUT2D eigenvalue weighted by atomic mass is 9.92. The number of amides is 1. The lowest BCUT2D eigenvalue weighted by Gasteiger charge is -2.37. The summed E-state index contributed by atoms with van der Waals surface area (Å²) in [5, 5.41) is 4.43. The monoisotopic (exact) mass is 422 g/mol. The topological polar surface area (TPSA) is 90.5 Å². The molecule has 31 heavy (non-hydrogen) atoms. The average Bonchev–Trinajstić information content (AvgIpc) is 3.48. The molecule has 1 aliphatic rings. The molecule has 1 aliphatic heterocycles. The zero-order valence-corrected chi connectivity index (χ0v) is 17.9. The highest BCUT2D eigenvalue weighted by atomic mass is 16.5. The van der Waals surface area contributed by atoms with Gasteiger partial charge in [-0.05, 0) is 44.4 Å². The van der Waals surface area contributed by atoms with Crippen molar-refractivity contribution >= 4 is 11.9 Å². The van der Waals surface area contributed by atoms with E-state index in [1.807, 2.05) is 39.9 Å². The molecule has 1 aromatic carbocycles. The summed E-state index contributed by atoms with van der Waals surface area (Å²) in [4.78, 5) is 31.5. The number of benzene rings is 1. The Hall–Kier alpha value is -3.42. The molecule has 2 aromatic heterocycles. The molecular weight excluding hydrogens is 396 g/mol. The molecule has 0 saturated carbocycles. The highest BCUT2D eigenvalue weighted by molar-refractivity contribution is 5.98. The number of methoxy groups -OCH3 is 1. The summed E-state index contributed by atoms with van der Waals surface area (Å²) in [7, 11) is 1.31. The van der Waals surface area contributed by atoms with E-state index in [0.717, 1.165) is 30.6 Å². The van der Waals surface area contributed by atoms with Gasteiger partial charge in [0.15, 0.2) is 11.6 Å². The Morgan fingerprint density at radius 2 is 2.03 bits per heavy atom. The van der Waals surface area contributed by atoms with Crippen LogP contribution in [0.25, 0.3) is 5.69 Å². The van der Waals surface area contributed by atoms with Crippen LogP contribution in [0.2, 0.25) is 0 Å². The first-order chi connectivity index (χ1) is 15.0. The summed E-state index contributed by atoms with van der Waals surface area (Å²) in [5.41, 5.74) is 2.56. The number of esters is 1. The molecule has 0 aliphatic carbocycles. The summed E-state index contributed by atoms with van der Waals surface area (Å²) in [6, 6.07) is 9.58. The molecule has 4 rings (SSSR count). The van der Waals surface area contributed by atoms with E-state index in [1.165, 1.54) is 13.4 Å². The minimum Gasteiger partial charge on any atom is -0.464 e. The largest absolute Gasteiger partial charge is 0.464 e.